The number of thioether (sulfide) groups is 1. The Hall–Kier alpha value is -3.61. The fourth-order valence-corrected chi connectivity index (χ4v) is 6.02. The molecule has 2 fully saturated rings. The van der Waals surface area contributed by atoms with Gasteiger partial charge in [-0.2, -0.15) is 0 Å². The lowest BCUT2D eigenvalue weighted by Crippen LogP contribution is -2.38. The number of rotatable bonds is 10. The van der Waals surface area contributed by atoms with Crippen LogP contribution in [0.15, 0.2) is 60.0 Å². The number of carbonyl (C=O) groups is 1. The predicted octanol–water partition coefficient (Wildman–Crippen LogP) is 2.69. The van der Waals surface area contributed by atoms with E-state index in [0.29, 0.717) is 28.1 Å². The number of aliphatic hydroxyl groups is 2. The van der Waals surface area contributed by atoms with E-state index < -0.39 is 24.2 Å². The Kier molecular flexibility index (Phi) is 7.63. The van der Waals surface area contributed by atoms with Gasteiger partial charge in [-0.05, 0) is 36.5 Å². The minimum Gasteiger partial charge on any atom is -0.390 e. The number of aliphatic hydroxyl groups excluding tert-OH is 2. The first-order chi connectivity index (χ1) is 19.5. The number of fused-ring (bicyclic) bond motifs is 1. The Morgan fingerprint density at radius 1 is 1.10 bits per heavy atom. The van der Waals surface area contributed by atoms with Crippen molar-refractivity contribution >= 4 is 34.7 Å². The highest BCUT2D eigenvalue weighted by Crippen LogP contribution is 2.43. The van der Waals surface area contributed by atoms with Gasteiger partial charge in [0.2, 0.25) is 5.91 Å². The number of hydrogen-bond acceptors (Lipinski definition) is 10. The molecule has 0 radical (unpaired) electrons. The zero-order chi connectivity index (χ0) is 27.6. The van der Waals surface area contributed by atoms with Crippen LogP contribution in [0.1, 0.15) is 49.3 Å². The first-order valence-corrected chi connectivity index (χ1v) is 14.6. The molecule has 40 heavy (non-hydrogen) atoms. The molecule has 6 atom stereocenters. The molecule has 6 unspecified atom stereocenters. The van der Waals surface area contributed by atoms with Crippen molar-refractivity contribution in [1.82, 2.24) is 35.3 Å². The highest BCUT2D eigenvalue weighted by molar-refractivity contribution is 7.99. The Balaban J connectivity index is 1.23. The van der Waals surface area contributed by atoms with Crippen LogP contribution in [-0.2, 0) is 11.3 Å². The molecule has 11 nitrogen and oxygen atoms in total. The summed E-state index contributed by atoms with van der Waals surface area (Å²) in [4.78, 5) is 26.5. The van der Waals surface area contributed by atoms with Crippen molar-refractivity contribution in [3.8, 4) is 0 Å². The van der Waals surface area contributed by atoms with Gasteiger partial charge < -0.3 is 20.8 Å². The summed E-state index contributed by atoms with van der Waals surface area (Å²) in [6.45, 7) is 2.38. The molecular formula is C28H32N8O3S. The lowest BCUT2D eigenvalue weighted by molar-refractivity contribution is -0.129. The van der Waals surface area contributed by atoms with Crippen LogP contribution >= 0.6 is 11.8 Å². The van der Waals surface area contributed by atoms with E-state index in [1.165, 1.54) is 5.56 Å². The number of benzene rings is 1. The normalized spacial score (nSPS) is 25.7. The zero-order valence-corrected chi connectivity index (χ0v) is 22.9. The second-order valence-corrected chi connectivity index (χ2v) is 11.4. The minimum absolute atomic E-state index is 0.197. The number of hydrogen-bond donors (Lipinski definition) is 4. The Morgan fingerprint density at radius 2 is 1.95 bits per heavy atom. The van der Waals surface area contributed by atoms with Crippen molar-refractivity contribution < 1.29 is 15.0 Å². The van der Waals surface area contributed by atoms with E-state index in [2.05, 4.69) is 45.0 Å². The highest BCUT2D eigenvalue weighted by atomic mass is 32.2. The van der Waals surface area contributed by atoms with Gasteiger partial charge in [0.25, 0.3) is 0 Å². The molecule has 3 heterocycles. The number of nitrogens with one attached hydrogen (secondary N) is 2. The molecule has 6 rings (SSSR count). The van der Waals surface area contributed by atoms with Gasteiger partial charge in [-0.25, -0.2) is 14.6 Å². The van der Waals surface area contributed by atoms with E-state index in [4.69, 9.17) is 9.97 Å². The van der Waals surface area contributed by atoms with Crippen LogP contribution in [0.5, 0.6) is 0 Å². The van der Waals surface area contributed by atoms with Crippen molar-refractivity contribution in [2.75, 3.05) is 11.1 Å². The summed E-state index contributed by atoms with van der Waals surface area (Å²) in [7, 11) is 0. The maximum absolute atomic E-state index is 13.0. The second-order valence-electron chi connectivity index (χ2n) is 10.4. The quantitative estimate of drug-likeness (QED) is 0.168. The van der Waals surface area contributed by atoms with Gasteiger partial charge in [0.05, 0.1) is 18.1 Å². The zero-order valence-electron chi connectivity index (χ0n) is 22.1. The first kappa shape index (κ1) is 26.6. The van der Waals surface area contributed by atoms with Crippen molar-refractivity contribution in [2.45, 2.75) is 68.1 Å². The first-order valence-electron chi connectivity index (χ1n) is 13.6. The largest absolute Gasteiger partial charge is 0.390 e. The Bertz CT molecular complexity index is 1470. The fraction of sp³-hybridized carbons (Fsp3) is 0.429. The highest BCUT2D eigenvalue weighted by Gasteiger charge is 2.47. The van der Waals surface area contributed by atoms with Crippen molar-refractivity contribution in [1.29, 1.82) is 0 Å². The van der Waals surface area contributed by atoms with E-state index in [0.717, 1.165) is 24.2 Å². The van der Waals surface area contributed by atoms with Crippen LogP contribution < -0.4 is 10.6 Å². The maximum atomic E-state index is 13.0. The molecule has 1 amide bonds. The van der Waals surface area contributed by atoms with E-state index in [9.17, 15) is 15.0 Å². The number of amides is 1. The number of pyridine rings is 1. The third-order valence-corrected chi connectivity index (χ3v) is 8.62. The third kappa shape index (κ3) is 5.38. The van der Waals surface area contributed by atoms with Crippen LogP contribution in [0.3, 0.4) is 0 Å². The van der Waals surface area contributed by atoms with Gasteiger partial charge in [0, 0.05) is 36.7 Å². The predicted molar refractivity (Wildman–Crippen MR) is 151 cm³/mol. The van der Waals surface area contributed by atoms with Crippen LogP contribution in [0, 0.1) is 5.92 Å². The molecule has 208 valence electrons. The minimum atomic E-state index is -1.25. The monoisotopic (exact) mass is 560 g/mol. The van der Waals surface area contributed by atoms with Gasteiger partial charge in [0.15, 0.2) is 22.1 Å². The number of carbonyl (C=O) groups excluding carboxylic acids is 1. The Morgan fingerprint density at radius 3 is 2.73 bits per heavy atom. The van der Waals surface area contributed by atoms with Crippen LogP contribution in [0.2, 0.25) is 0 Å². The molecule has 12 heteroatoms. The lowest BCUT2D eigenvalue weighted by Gasteiger charge is -2.17. The molecule has 0 saturated heterocycles. The topological polar surface area (TPSA) is 151 Å². The summed E-state index contributed by atoms with van der Waals surface area (Å²) in [6, 6.07) is 13.6. The molecule has 2 saturated carbocycles. The summed E-state index contributed by atoms with van der Waals surface area (Å²) in [5, 5.41) is 37.5. The van der Waals surface area contributed by atoms with E-state index in [1.807, 2.05) is 24.3 Å². The van der Waals surface area contributed by atoms with Gasteiger partial charge in [-0.3, -0.25) is 9.78 Å². The number of nitrogens with zero attached hydrogens (tertiary/aromatic N) is 6. The summed E-state index contributed by atoms with van der Waals surface area (Å²) < 4.78 is 1.54. The molecular weight excluding hydrogens is 528 g/mol. The molecule has 2 aliphatic carbocycles. The average molecular weight is 561 g/mol. The van der Waals surface area contributed by atoms with Gasteiger partial charge in [-0.15, -0.1) is 5.10 Å². The molecule has 0 bridgehead atoms. The molecule has 1 aromatic carbocycles. The summed E-state index contributed by atoms with van der Waals surface area (Å²) in [5.74, 6) is 0.719. The Labute approximate surface area is 235 Å². The van der Waals surface area contributed by atoms with Crippen molar-refractivity contribution in [2.24, 2.45) is 5.92 Å². The second kappa shape index (κ2) is 11.5. The number of anilines is 1. The summed E-state index contributed by atoms with van der Waals surface area (Å²) >= 11 is 1.55. The van der Waals surface area contributed by atoms with Gasteiger partial charge in [-0.1, -0.05) is 60.3 Å². The SMILES string of the molecule is CCCSc1nc(NC2CC2c2ccccc2)c2nnn(C3CC(C(=O)NCc4cccnc4)C(O)C3O)c2n1. The summed E-state index contributed by atoms with van der Waals surface area (Å²) in [5.41, 5.74) is 3.11. The van der Waals surface area contributed by atoms with Crippen LogP contribution in [-0.4, -0.2) is 70.1 Å². The lowest BCUT2D eigenvalue weighted by atomic mass is 10.0. The fourth-order valence-electron chi connectivity index (χ4n) is 5.33. The standard InChI is InChI=1S/C28H32N8O3S/c1-2-11-40-28-32-25(31-20-12-18(20)17-8-4-3-5-9-17)22-26(33-28)36(35-34-22)21-13-19(23(37)24(21)38)27(39)30-15-16-7-6-10-29-14-16/h3-10,14,18-21,23-24,37-38H,2,11-13,15H2,1H3,(H,30,39)(H,31,32,33). The van der Waals surface area contributed by atoms with E-state index in [1.54, 1.807) is 34.9 Å². The summed E-state index contributed by atoms with van der Waals surface area (Å²) in [6.07, 6.45) is 3.04. The third-order valence-electron chi connectivity index (χ3n) is 7.57. The van der Waals surface area contributed by atoms with Crippen LogP contribution in [0.25, 0.3) is 11.2 Å². The van der Waals surface area contributed by atoms with E-state index in [-0.39, 0.29) is 24.9 Å². The van der Waals surface area contributed by atoms with Gasteiger partial charge >= 0.3 is 0 Å². The average Bonchev–Trinajstić information content (AvgIpc) is 3.53. The molecule has 4 N–H and O–H groups in total. The molecule has 0 spiro atoms. The molecule has 2 aliphatic rings. The van der Waals surface area contributed by atoms with Crippen molar-refractivity contribution in [3.05, 3.63) is 66.0 Å². The smallest absolute Gasteiger partial charge is 0.226 e. The molecule has 3 aromatic heterocycles. The van der Waals surface area contributed by atoms with Gasteiger partial charge in [0.1, 0.15) is 6.10 Å². The number of aromatic nitrogens is 6. The molecule has 0 aliphatic heterocycles. The maximum Gasteiger partial charge on any atom is 0.226 e. The van der Waals surface area contributed by atoms with Crippen molar-refractivity contribution in [3.63, 3.8) is 0 Å². The van der Waals surface area contributed by atoms with Crippen LogP contribution in [0.4, 0.5) is 5.82 Å². The molecule has 4 aromatic rings. The van der Waals surface area contributed by atoms with E-state index >= 15 is 0 Å².